The molecule has 0 unspecified atom stereocenters. The number of benzene rings is 2. The Labute approximate surface area is 205 Å². The van der Waals surface area contributed by atoms with E-state index in [1.54, 1.807) is 29.2 Å². The molecule has 2 aliphatic rings. The summed E-state index contributed by atoms with van der Waals surface area (Å²) in [7, 11) is -3.60. The van der Waals surface area contributed by atoms with Crippen molar-refractivity contribution in [2.75, 3.05) is 36.5 Å². The van der Waals surface area contributed by atoms with Crippen molar-refractivity contribution in [2.24, 2.45) is 5.92 Å². The first-order valence-electron chi connectivity index (χ1n) is 11.7. The summed E-state index contributed by atoms with van der Waals surface area (Å²) in [4.78, 5) is 38.2. The lowest BCUT2D eigenvalue weighted by Crippen LogP contribution is -2.37. The predicted octanol–water partition coefficient (Wildman–Crippen LogP) is 3.03. The number of carbonyl (C=O) groups excluding carboxylic acids is 3. The second-order valence-electron chi connectivity index (χ2n) is 8.93. The van der Waals surface area contributed by atoms with Gasteiger partial charge in [0.2, 0.25) is 15.9 Å². The molecular weight excluding hydrogens is 470 g/mol. The highest BCUT2D eigenvalue weighted by Gasteiger charge is 2.28. The smallest absolute Gasteiger partial charge is 0.338 e. The highest BCUT2D eigenvalue weighted by Crippen LogP contribution is 2.24. The van der Waals surface area contributed by atoms with Gasteiger partial charge in [-0.05, 0) is 73.7 Å². The van der Waals surface area contributed by atoms with Crippen molar-refractivity contribution >= 4 is 39.2 Å². The number of hydrogen-bond acceptors (Lipinski definition) is 6. The Kier molecular flexibility index (Phi) is 7.51. The summed E-state index contributed by atoms with van der Waals surface area (Å²) < 4.78 is 32.2. The van der Waals surface area contributed by atoms with Gasteiger partial charge >= 0.3 is 5.97 Å². The maximum absolute atomic E-state index is 12.8. The summed E-state index contributed by atoms with van der Waals surface area (Å²) in [6.07, 6.45) is 3.03. The van der Waals surface area contributed by atoms with Gasteiger partial charge in [0.05, 0.1) is 10.5 Å². The minimum Gasteiger partial charge on any atom is -0.452 e. The van der Waals surface area contributed by atoms with E-state index in [4.69, 9.17) is 4.74 Å². The molecule has 0 atom stereocenters. The Balaban J connectivity index is 1.28. The standard InChI is InChI=1S/C25H29N3O6S/c1-18-12-15-27(16-13-18)35(32,33)22-10-4-19(5-11-22)25(31)34-17-23(29)26-20-6-8-21(9-7-20)28-14-2-3-24(28)30/h4-11,18H,2-3,12-17H2,1H3,(H,26,29). The summed E-state index contributed by atoms with van der Waals surface area (Å²) in [6.45, 7) is 3.28. The molecule has 0 aromatic heterocycles. The van der Waals surface area contributed by atoms with Crippen LogP contribution in [0, 0.1) is 5.92 Å². The fourth-order valence-corrected chi connectivity index (χ4v) is 5.66. The molecule has 2 aliphatic heterocycles. The molecule has 4 rings (SSSR count). The molecule has 2 fully saturated rings. The minimum atomic E-state index is -3.60. The summed E-state index contributed by atoms with van der Waals surface area (Å²) in [6, 6.07) is 12.4. The van der Waals surface area contributed by atoms with Gasteiger partial charge < -0.3 is 15.0 Å². The molecule has 1 N–H and O–H groups in total. The van der Waals surface area contributed by atoms with E-state index in [1.807, 2.05) is 0 Å². The van der Waals surface area contributed by atoms with E-state index in [0.717, 1.165) is 24.9 Å². The van der Waals surface area contributed by atoms with Gasteiger partial charge in [0.1, 0.15) is 0 Å². The maximum atomic E-state index is 12.8. The number of anilines is 2. The molecule has 0 bridgehead atoms. The van der Waals surface area contributed by atoms with E-state index in [2.05, 4.69) is 12.2 Å². The summed E-state index contributed by atoms with van der Waals surface area (Å²) in [5.41, 5.74) is 1.45. The van der Waals surface area contributed by atoms with Gasteiger partial charge in [-0.3, -0.25) is 9.59 Å². The van der Waals surface area contributed by atoms with Crippen molar-refractivity contribution < 1.29 is 27.5 Å². The third-order valence-corrected chi connectivity index (χ3v) is 8.25. The van der Waals surface area contributed by atoms with Crippen LogP contribution in [-0.4, -0.2) is 56.7 Å². The average molecular weight is 500 g/mol. The maximum Gasteiger partial charge on any atom is 0.338 e. The Morgan fingerprint density at radius 1 is 1.00 bits per heavy atom. The highest BCUT2D eigenvalue weighted by molar-refractivity contribution is 7.89. The van der Waals surface area contributed by atoms with E-state index in [0.29, 0.717) is 37.7 Å². The summed E-state index contributed by atoms with van der Waals surface area (Å²) in [5.74, 6) is -0.642. The summed E-state index contributed by atoms with van der Waals surface area (Å²) >= 11 is 0. The molecule has 2 heterocycles. The number of sulfonamides is 1. The number of esters is 1. The molecule has 0 aliphatic carbocycles. The number of piperidine rings is 1. The molecule has 2 aromatic rings. The molecule has 9 nitrogen and oxygen atoms in total. The third-order valence-electron chi connectivity index (χ3n) is 6.34. The van der Waals surface area contributed by atoms with Crippen LogP contribution in [0.25, 0.3) is 0 Å². The van der Waals surface area contributed by atoms with Gasteiger partial charge in [-0.15, -0.1) is 0 Å². The Bertz CT molecular complexity index is 1190. The van der Waals surface area contributed by atoms with Crippen molar-refractivity contribution in [1.82, 2.24) is 4.31 Å². The first-order chi connectivity index (χ1) is 16.7. The van der Waals surface area contributed by atoms with Crippen molar-refractivity contribution in [3.8, 4) is 0 Å². The fraction of sp³-hybridized carbons (Fsp3) is 0.400. The summed E-state index contributed by atoms with van der Waals surface area (Å²) in [5, 5.41) is 2.64. The SMILES string of the molecule is CC1CCN(S(=O)(=O)c2ccc(C(=O)OCC(=O)Nc3ccc(N4CCCC4=O)cc3)cc2)CC1. The predicted molar refractivity (Wildman–Crippen MR) is 131 cm³/mol. The van der Waals surface area contributed by atoms with Gasteiger partial charge in [-0.2, -0.15) is 4.31 Å². The van der Waals surface area contributed by atoms with E-state index in [9.17, 15) is 22.8 Å². The van der Waals surface area contributed by atoms with Gasteiger partial charge in [-0.25, -0.2) is 13.2 Å². The second kappa shape index (κ2) is 10.6. The lowest BCUT2D eigenvalue weighted by atomic mass is 10.0. The van der Waals surface area contributed by atoms with Gasteiger partial charge in [0, 0.05) is 37.4 Å². The van der Waals surface area contributed by atoms with Crippen LogP contribution in [0.3, 0.4) is 0 Å². The molecule has 35 heavy (non-hydrogen) atoms. The topological polar surface area (TPSA) is 113 Å². The van der Waals surface area contributed by atoms with Crippen molar-refractivity contribution in [3.63, 3.8) is 0 Å². The number of amides is 2. The molecule has 10 heteroatoms. The number of ether oxygens (including phenoxy) is 1. The number of carbonyl (C=O) groups is 3. The normalized spacial score (nSPS) is 17.4. The molecule has 2 amide bonds. The van der Waals surface area contributed by atoms with Crippen molar-refractivity contribution in [2.45, 2.75) is 37.5 Å². The first kappa shape index (κ1) is 24.9. The van der Waals surface area contributed by atoms with Crippen LogP contribution in [0.15, 0.2) is 53.4 Å². The van der Waals surface area contributed by atoms with E-state index < -0.39 is 28.5 Å². The van der Waals surface area contributed by atoms with E-state index in [-0.39, 0.29) is 16.4 Å². The zero-order chi connectivity index (χ0) is 25.0. The van der Waals surface area contributed by atoms with Crippen LogP contribution in [0.2, 0.25) is 0 Å². The lowest BCUT2D eigenvalue weighted by Gasteiger charge is -2.29. The fourth-order valence-electron chi connectivity index (χ4n) is 4.19. The zero-order valence-electron chi connectivity index (χ0n) is 19.6. The van der Waals surface area contributed by atoms with Gasteiger partial charge in [0.15, 0.2) is 6.61 Å². The van der Waals surface area contributed by atoms with Crippen LogP contribution in [0.5, 0.6) is 0 Å². The number of rotatable bonds is 7. The van der Waals surface area contributed by atoms with Crippen LogP contribution in [-0.2, 0) is 24.3 Å². The second-order valence-corrected chi connectivity index (χ2v) is 10.9. The van der Waals surface area contributed by atoms with Crippen molar-refractivity contribution in [1.29, 1.82) is 0 Å². The number of nitrogens with one attached hydrogen (secondary N) is 1. The zero-order valence-corrected chi connectivity index (χ0v) is 20.4. The third kappa shape index (κ3) is 5.88. The van der Waals surface area contributed by atoms with E-state index in [1.165, 1.54) is 28.6 Å². The van der Waals surface area contributed by atoms with Crippen LogP contribution >= 0.6 is 0 Å². The van der Waals surface area contributed by atoms with E-state index >= 15 is 0 Å². The minimum absolute atomic E-state index is 0.0838. The highest BCUT2D eigenvalue weighted by atomic mass is 32.2. The first-order valence-corrected chi connectivity index (χ1v) is 13.2. The van der Waals surface area contributed by atoms with Crippen molar-refractivity contribution in [3.05, 3.63) is 54.1 Å². The van der Waals surface area contributed by atoms with Gasteiger partial charge in [0.25, 0.3) is 5.91 Å². The largest absolute Gasteiger partial charge is 0.452 e. The van der Waals surface area contributed by atoms with Crippen LogP contribution < -0.4 is 10.2 Å². The molecule has 0 saturated carbocycles. The molecule has 186 valence electrons. The average Bonchev–Trinajstić information content (AvgIpc) is 3.29. The number of nitrogens with zero attached hydrogens (tertiary/aromatic N) is 2. The molecule has 0 radical (unpaired) electrons. The monoisotopic (exact) mass is 499 g/mol. The number of hydrogen-bond donors (Lipinski definition) is 1. The molecular formula is C25H29N3O6S. The Morgan fingerprint density at radius 3 is 2.26 bits per heavy atom. The quantitative estimate of drug-likeness (QED) is 0.586. The molecule has 2 saturated heterocycles. The molecule has 2 aromatic carbocycles. The van der Waals surface area contributed by atoms with Gasteiger partial charge in [-0.1, -0.05) is 6.92 Å². The Morgan fingerprint density at radius 2 is 1.66 bits per heavy atom. The lowest BCUT2D eigenvalue weighted by molar-refractivity contribution is -0.119. The molecule has 0 spiro atoms. The van der Waals surface area contributed by atoms with Crippen LogP contribution in [0.1, 0.15) is 43.0 Å². The van der Waals surface area contributed by atoms with Crippen LogP contribution in [0.4, 0.5) is 11.4 Å². The Hall–Kier alpha value is -3.24.